The first-order chi connectivity index (χ1) is 9.83. The summed E-state index contributed by atoms with van der Waals surface area (Å²) >= 11 is 0. The van der Waals surface area contributed by atoms with Crippen LogP contribution in [0.1, 0.15) is 30.0 Å². The van der Waals surface area contributed by atoms with Crippen molar-refractivity contribution in [3.05, 3.63) is 65.7 Å². The molecule has 3 N–H and O–H groups in total. The number of nitrogens with two attached hydrogens (primary N) is 1. The van der Waals surface area contributed by atoms with Crippen LogP contribution >= 0.6 is 0 Å². The van der Waals surface area contributed by atoms with Gasteiger partial charge in [-0.25, -0.2) is 4.99 Å². The number of rotatable bonds is 2. The van der Waals surface area contributed by atoms with Crippen molar-refractivity contribution >= 4 is 11.6 Å². The minimum Gasteiger partial charge on any atom is -0.370 e. The molecule has 0 amide bonds. The highest BCUT2D eigenvalue weighted by molar-refractivity contribution is 5.92. The summed E-state index contributed by atoms with van der Waals surface area (Å²) in [4.78, 5) is 4.66. The van der Waals surface area contributed by atoms with Gasteiger partial charge in [0.25, 0.3) is 0 Å². The van der Waals surface area contributed by atoms with Crippen LogP contribution in [0.4, 0.5) is 5.69 Å². The SMILES string of the molecule is NC(=NC1CCCc2ccccc21)Nc1ccccc1. The van der Waals surface area contributed by atoms with E-state index in [2.05, 4.69) is 34.6 Å². The van der Waals surface area contributed by atoms with Crippen LogP contribution in [0.3, 0.4) is 0 Å². The van der Waals surface area contributed by atoms with E-state index in [1.165, 1.54) is 17.5 Å². The molecule has 0 fully saturated rings. The Hall–Kier alpha value is -2.29. The Labute approximate surface area is 119 Å². The molecular weight excluding hydrogens is 246 g/mol. The number of aliphatic imine (C=N–C) groups is 1. The van der Waals surface area contributed by atoms with Crippen LogP contribution < -0.4 is 11.1 Å². The fourth-order valence-electron chi connectivity index (χ4n) is 2.73. The molecule has 0 bridgehead atoms. The lowest BCUT2D eigenvalue weighted by molar-refractivity contribution is 0.572. The Balaban J connectivity index is 1.79. The van der Waals surface area contributed by atoms with Gasteiger partial charge in [0.05, 0.1) is 6.04 Å². The number of aryl methyl sites for hydroxylation is 1. The maximum atomic E-state index is 6.03. The monoisotopic (exact) mass is 265 g/mol. The van der Waals surface area contributed by atoms with Crippen molar-refractivity contribution in [2.24, 2.45) is 10.7 Å². The van der Waals surface area contributed by atoms with Crippen molar-refractivity contribution < 1.29 is 0 Å². The zero-order valence-corrected chi connectivity index (χ0v) is 11.4. The van der Waals surface area contributed by atoms with Crippen LogP contribution in [0.5, 0.6) is 0 Å². The lowest BCUT2D eigenvalue weighted by atomic mass is 9.88. The summed E-state index contributed by atoms with van der Waals surface area (Å²) in [6.07, 6.45) is 3.38. The average Bonchev–Trinajstić information content (AvgIpc) is 2.48. The summed E-state index contributed by atoms with van der Waals surface area (Å²) in [5.41, 5.74) is 9.72. The summed E-state index contributed by atoms with van der Waals surface area (Å²) in [7, 11) is 0. The number of benzene rings is 2. The summed E-state index contributed by atoms with van der Waals surface area (Å²) in [5, 5.41) is 3.15. The first kappa shape index (κ1) is 12.7. The summed E-state index contributed by atoms with van der Waals surface area (Å²) in [5.74, 6) is 0.484. The van der Waals surface area contributed by atoms with Crippen LogP contribution in [0.25, 0.3) is 0 Å². The predicted octanol–water partition coefficient (Wildman–Crippen LogP) is 3.49. The van der Waals surface area contributed by atoms with Crippen LogP contribution in [0.15, 0.2) is 59.6 Å². The first-order valence-electron chi connectivity index (χ1n) is 7.06. The molecule has 3 rings (SSSR count). The van der Waals surface area contributed by atoms with Crippen LogP contribution in [-0.2, 0) is 6.42 Å². The van der Waals surface area contributed by atoms with Crippen LogP contribution in [0.2, 0.25) is 0 Å². The zero-order chi connectivity index (χ0) is 13.8. The summed E-state index contributed by atoms with van der Waals surface area (Å²) < 4.78 is 0. The molecule has 2 aromatic carbocycles. The van der Waals surface area contributed by atoms with Gasteiger partial charge in [-0.2, -0.15) is 0 Å². The fraction of sp³-hybridized carbons (Fsp3) is 0.235. The number of nitrogens with zero attached hydrogens (tertiary/aromatic N) is 1. The number of fused-ring (bicyclic) bond motifs is 1. The molecule has 1 aliphatic carbocycles. The smallest absolute Gasteiger partial charge is 0.193 e. The molecule has 1 unspecified atom stereocenters. The second-order valence-electron chi connectivity index (χ2n) is 5.11. The third-order valence-corrected chi connectivity index (χ3v) is 3.68. The molecule has 0 aliphatic heterocycles. The molecule has 3 heteroatoms. The van der Waals surface area contributed by atoms with Gasteiger partial charge in [-0.3, -0.25) is 0 Å². The van der Waals surface area contributed by atoms with Gasteiger partial charge in [0.15, 0.2) is 5.96 Å². The van der Waals surface area contributed by atoms with E-state index in [0.29, 0.717) is 5.96 Å². The highest BCUT2D eigenvalue weighted by Crippen LogP contribution is 2.32. The molecule has 102 valence electrons. The van der Waals surface area contributed by atoms with Crippen molar-refractivity contribution in [1.82, 2.24) is 0 Å². The van der Waals surface area contributed by atoms with Crippen molar-refractivity contribution in [1.29, 1.82) is 0 Å². The second kappa shape index (κ2) is 5.78. The number of hydrogen-bond donors (Lipinski definition) is 2. The van der Waals surface area contributed by atoms with E-state index in [1.54, 1.807) is 0 Å². The average molecular weight is 265 g/mol. The third-order valence-electron chi connectivity index (χ3n) is 3.68. The molecular formula is C17H19N3. The minimum atomic E-state index is 0.177. The summed E-state index contributed by atoms with van der Waals surface area (Å²) in [6.45, 7) is 0. The predicted molar refractivity (Wildman–Crippen MR) is 83.8 cm³/mol. The number of hydrogen-bond acceptors (Lipinski definition) is 1. The number of guanidine groups is 1. The van der Waals surface area contributed by atoms with Gasteiger partial charge in [0.1, 0.15) is 0 Å². The molecule has 20 heavy (non-hydrogen) atoms. The maximum absolute atomic E-state index is 6.03. The summed E-state index contributed by atoms with van der Waals surface area (Å²) in [6, 6.07) is 18.6. The van der Waals surface area contributed by atoms with Gasteiger partial charge in [-0.05, 0) is 42.5 Å². The van der Waals surface area contributed by atoms with E-state index in [9.17, 15) is 0 Å². The highest BCUT2D eigenvalue weighted by Gasteiger charge is 2.19. The third kappa shape index (κ3) is 2.82. The van der Waals surface area contributed by atoms with Gasteiger partial charge in [0.2, 0.25) is 0 Å². The molecule has 0 radical (unpaired) electrons. The molecule has 0 heterocycles. The normalized spacial score (nSPS) is 18.4. The Morgan fingerprint density at radius 2 is 1.80 bits per heavy atom. The maximum Gasteiger partial charge on any atom is 0.193 e. The van der Waals surface area contributed by atoms with Gasteiger partial charge in [-0.1, -0.05) is 42.5 Å². The first-order valence-corrected chi connectivity index (χ1v) is 7.06. The highest BCUT2D eigenvalue weighted by atomic mass is 15.1. The molecule has 3 nitrogen and oxygen atoms in total. The number of para-hydroxylation sites is 1. The molecule has 0 saturated carbocycles. The standard InChI is InChI=1S/C17H19N3/c18-17(19-14-9-2-1-3-10-14)20-16-12-6-8-13-7-4-5-11-15(13)16/h1-5,7,9-11,16H,6,8,12H2,(H3,18,19,20). The fourth-order valence-corrected chi connectivity index (χ4v) is 2.73. The van der Waals surface area contributed by atoms with Crippen molar-refractivity contribution in [2.45, 2.75) is 25.3 Å². The van der Waals surface area contributed by atoms with Crippen molar-refractivity contribution in [3.8, 4) is 0 Å². The van der Waals surface area contributed by atoms with E-state index >= 15 is 0 Å². The van der Waals surface area contributed by atoms with Crippen LogP contribution in [0, 0.1) is 0 Å². The van der Waals surface area contributed by atoms with E-state index in [4.69, 9.17) is 5.73 Å². The van der Waals surface area contributed by atoms with Gasteiger partial charge < -0.3 is 11.1 Å². The van der Waals surface area contributed by atoms with Crippen molar-refractivity contribution in [3.63, 3.8) is 0 Å². The lowest BCUT2D eigenvalue weighted by Crippen LogP contribution is -2.24. The van der Waals surface area contributed by atoms with Gasteiger partial charge >= 0.3 is 0 Å². The zero-order valence-electron chi connectivity index (χ0n) is 11.4. The Kier molecular flexibility index (Phi) is 3.68. The lowest BCUT2D eigenvalue weighted by Gasteiger charge is -2.22. The van der Waals surface area contributed by atoms with Gasteiger partial charge in [-0.15, -0.1) is 0 Å². The molecule has 1 atom stereocenters. The molecule has 0 saturated heterocycles. The van der Waals surface area contributed by atoms with E-state index < -0.39 is 0 Å². The Morgan fingerprint density at radius 1 is 1.05 bits per heavy atom. The number of nitrogens with one attached hydrogen (secondary N) is 1. The van der Waals surface area contributed by atoms with E-state index in [1.807, 2.05) is 30.3 Å². The Morgan fingerprint density at radius 3 is 2.65 bits per heavy atom. The van der Waals surface area contributed by atoms with E-state index in [0.717, 1.165) is 18.5 Å². The number of anilines is 1. The van der Waals surface area contributed by atoms with Crippen LogP contribution in [-0.4, -0.2) is 5.96 Å². The topological polar surface area (TPSA) is 50.4 Å². The van der Waals surface area contributed by atoms with Gasteiger partial charge in [0, 0.05) is 5.69 Å². The Bertz CT molecular complexity index is 605. The minimum absolute atomic E-state index is 0.177. The molecule has 2 aromatic rings. The molecule has 1 aliphatic rings. The second-order valence-corrected chi connectivity index (χ2v) is 5.11. The molecule has 0 aromatic heterocycles. The van der Waals surface area contributed by atoms with E-state index in [-0.39, 0.29) is 6.04 Å². The molecule has 0 spiro atoms. The quantitative estimate of drug-likeness (QED) is 0.645. The largest absolute Gasteiger partial charge is 0.370 e. The van der Waals surface area contributed by atoms with Crippen molar-refractivity contribution in [2.75, 3.05) is 5.32 Å².